The van der Waals surface area contributed by atoms with Gasteiger partial charge >= 0.3 is 0 Å². The van der Waals surface area contributed by atoms with E-state index in [0.29, 0.717) is 61.5 Å². The molecule has 0 radical (unpaired) electrons. The largest absolute Gasteiger partial charge is 0.336 e. The summed E-state index contributed by atoms with van der Waals surface area (Å²) < 4.78 is 0. The van der Waals surface area contributed by atoms with E-state index in [1.807, 2.05) is 31.7 Å². The summed E-state index contributed by atoms with van der Waals surface area (Å²) in [6.45, 7) is 5.20. The number of halogens is 2. The lowest BCUT2D eigenvalue weighted by Gasteiger charge is -2.20. The summed E-state index contributed by atoms with van der Waals surface area (Å²) in [5, 5.41) is 29.3. The highest BCUT2D eigenvalue weighted by Gasteiger charge is 2.30. The zero-order chi connectivity index (χ0) is 31.3. The molecule has 0 amide bonds. The molecular formula is C28H38Cl2N10O4. The summed E-state index contributed by atoms with van der Waals surface area (Å²) in [5.74, 6) is 0.805. The van der Waals surface area contributed by atoms with Crippen molar-refractivity contribution in [2.24, 2.45) is 10.2 Å². The minimum Gasteiger partial charge on any atom is -0.336 e. The Morgan fingerprint density at radius 3 is 1.32 bits per heavy atom. The van der Waals surface area contributed by atoms with Crippen LogP contribution in [0.1, 0.15) is 62.5 Å². The predicted octanol–water partition coefficient (Wildman–Crippen LogP) is 4.94. The molecule has 14 nitrogen and oxygen atoms in total. The highest BCUT2D eigenvalue weighted by molar-refractivity contribution is 6.29. The number of guanidine groups is 2. The van der Waals surface area contributed by atoms with Crippen LogP contribution in [0.25, 0.3) is 0 Å². The number of unbranched alkanes of at least 4 members (excludes halogenated alkanes) is 7. The Hall–Kier alpha value is -3.78. The van der Waals surface area contributed by atoms with Crippen molar-refractivity contribution < 1.29 is 10.1 Å². The summed E-state index contributed by atoms with van der Waals surface area (Å²) in [4.78, 5) is 38.4. The van der Waals surface area contributed by atoms with Gasteiger partial charge in [-0.2, -0.15) is 0 Å². The maximum absolute atomic E-state index is 11.2. The average Bonchev–Trinajstić information content (AvgIpc) is 3.54. The number of hydrogen-bond donors (Lipinski definition) is 0. The highest BCUT2D eigenvalue weighted by atomic mass is 35.5. The van der Waals surface area contributed by atoms with E-state index in [4.69, 9.17) is 23.2 Å². The van der Waals surface area contributed by atoms with Crippen molar-refractivity contribution in [1.82, 2.24) is 29.6 Å². The van der Waals surface area contributed by atoms with Gasteiger partial charge in [0.1, 0.15) is 20.5 Å². The zero-order valence-electron chi connectivity index (χ0n) is 24.6. The summed E-state index contributed by atoms with van der Waals surface area (Å²) in [7, 11) is 0. The van der Waals surface area contributed by atoms with Crippen LogP contribution in [-0.4, -0.2) is 90.8 Å². The van der Waals surface area contributed by atoms with Gasteiger partial charge in [-0.1, -0.05) is 73.9 Å². The Kier molecular flexibility index (Phi) is 12.7. The van der Waals surface area contributed by atoms with E-state index in [1.54, 1.807) is 24.5 Å². The Morgan fingerprint density at radius 2 is 0.977 bits per heavy atom. The van der Waals surface area contributed by atoms with Gasteiger partial charge in [0.25, 0.3) is 11.9 Å². The van der Waals surface area contributed by atoms with Crippen molar-refractivity contribution in [3.05, 3.63) is 78.3 Å². The fraction of sp³-hybridized carbons (Fsp3) is 0.571. The van der Waals surface area contributed by atoms with E-state index >= 15 is 0 Å². The van der Waals surface area contributed by atoms with Crippen LogP contribution in [0.5, 0.6) is 0 Å². The molecular weight excluding hydrogens is 611 g/mol. The fourth-order valence-electron chi connectivity index (χ4n) is 5.51. The number of aromatic nitrogens is 2. The Labute approximate surface area is 266 Å². The van der Waals surface area contributed by atoms with Crippen LogP contribution >= 0.6 is 23.2 Å². The third-order valence-corrected chi connectivity index (χ3v) is 8.13. The zero-order valence-corrected chi connectivity index (χ0v) is 26.2. The smallest absolute Gasteiger partial charge is 0.274 e. The summed E-state index contributed by atoms with van der Waals surface area (Å²) in [6, 6.07) is 7.16. The lowest BCUT2D eigenvalue weighted by Crippen LogP contribution is -2.34. The van der Waals surface area contributed by atoms with Crippen molar-refractivity contribution in [2.75, 3.05) is 39.3 Å². The van der Waals surface area contributed by atoms with Crippen LogP contribution in [0.15, 0.2) is 46.9 Å². The molecule has 2 aromatic rings. The topological polar surface area (TPSA) is 150 Å². The minimum atomic E-state index is -0.629. The molecule has 2 saturated heterocycles. The molecule has 0 atom stereocenters. The molecule has 0 unspecified atom stereocenters. The molecule has 16 heteroatoms. The van der Waals surface area contributed by atoms with Crippen LogP contribution < -0.4 is 0 Å². The molecule has 2 aliphatic rings. The van der Waals surface area contributed by atoms with Crippen molar-refractivity contribution in [2.45, 2.75) is 64.5 Å². The first kappa shape index (κ1) is 33.1. The van der Waals surface area contributed by atoms with Crippen molar-refractivity contribution >= 4 is 35.1 Å². The second kappa shape index (κ2) is 16.9. The number of pyridine rings is 2. The monoisotopic (exact) mass is 648 g/mol. The molecule has 4 rings (SSSR count). The van der Waals surface area contributed by atoms with Crippen LogP contribution in [0.4, 0.5) is 0 Å². The fourth-order valence-corrected chi connectivity index (χ4v) is 5.74. The van der Waals surface area contributed by atoms with E-state index in [9.17, 15) is 20.2 Å². The molecule has 4 heterocycles. The summed E-state index contributed by atoms with van der Waals surface area (Å²) >= 11 is 11.7. The number of hydrazone groups is 2. The van der Waals surface area contributed by atoms with E-state index in [2.05, 4.69) is 20.2 Å². The van der Waals surface area contributed by atoms with Crippen LogP contribution in [0.2, 0.25) is 10.3 Å². The lowest BCUT2D eigenvalue weighted by molar-refractivity contribution is -0.486. The number of nitrogens with zero attached hydrogens (tertiary/aromatic N) is 10. The molecule has 0 spiro atoms. The van der Waals surface area contributed by atoms with Gasteiger partial charge < -0.3 is 19.6 Å². The van der Waals surface area contributed by atoms with Gasteiger partial charge in [0.15, 0.2) is 10.1 Å². The Bertz CT molecular complexity index is 1200. The third-order valence-electron chi connectivity index (χ3n) is 7.68. The standard InChI is InChI=1S/C28H38Cl2N10O4/c29-25-11-9-23(19-31-25)21-37-17-15-35(27(37)33-39(41)42)13-7-5-3-1-2-4-6-8-14-36-16-18-38(28(36)34-40(43)44)22-24-10-12-26(30)32-20-24/h9-12,19-20H,1-8,13-18,21-22H2/b33-27+,34-28+. The van der Waals surface area contributed by atoms with Gasteiger partial charge in [-0.3, -0.25) is 0 Å². The Morgan fingerprint density at radius 1 is 0.614 bits per heavy atom. The first-order valence-corrected chi connectivity index (χ1v) is 15.7. The molecule has 2 aromatic heterocycles. The van der Waals surface area contributed by atoms with Gasteiger partial charge in [0.05, 0.1) is 0 Å². The van der Waals surface area contributed by atoms with Gasteiger partial charge in [0, 0.05) is 64.8 Å². The Balaban J connectivity index is 1.09. The number of nitro groups is 2. The average molecular weight is 650 g/mol. The normalized spacial score (nSPS) is 17.0. The van der Waals surface area contributed by atoms with E-state index < -0.39 is 10.1 Å². The molecule has 0 aromatic carbocycles. The molecule has 2 fully saturated rings. The van der Waals surface area contributed by atoms with E-state index in [-0.39, 0.29) is 0 Å². The molecule has 2 aliphatic heterocycles. The third kappa shape index (κ3) is 10.4. The summed E-state index contributed by atoms with van der Waals surface area (Å²) in [6.07, 6.45) is 11.8. The van der Waals surface area contributed by atoms with Crippen LogP contribution in [-0.2, 0) is 13.1 Å². The summed E-state index contributed by atoms with van der Waals surface area (Å²) in [5.41, 5.74) is 1.85. The second-order valence-corrected chi connectivity index (χ2v) is 11.7. The second-order valence-electron chi connectivity index (χ2n) is 10.9. The van der Waals surface area contributed by atoms with Gasteiger partial charge in [-0.25, -0.2) is 30.2 Å². The first-order valence-electron chi connectivity index (χ1n) is 14.9. The van der Waals surface area contributed by atoms with Gasteiger partial charge in [-0.05, 0) is 36.1 Å². The van der Waals surface area contributed by atoms with Crippen LogP contribution in [0, 0.1) is 20.2 Å². The minimum absolute atomic E-state index is 0.402. The molecule has 0 saturated carbocycles. The molecule has 44 heavy (non-hydrogen) atoms. The number of hydrogen-bond acceptors (Lipinski definition) is 6. The first-order chi connectivity index (χ1) is 21.3. The predicted molar refractivity (Wildman–Crippen MR) is 168 cm³/mol. The molecule has 0 bridgehead atoms. The van der Waals surface area contributed by atoms with Crippen molar-refractivity contribution in [3.8, 4) is 0 Å². The van der Waals surface area contributed by atoms with Crippen LogP contribution in [0.3, 0.4) is 0 Å². The number of rotatable bonds is 17. The lowest BCUT2D eigenvalue weighted by atomic mass is 10.1. The van der Waals surface area contributed by atoms with E-state index in [1.165, 1.54) is 0 Å². The maximum atomic E-state index is 11.2. The molecule has 0 aliphatic carbocycles. The quantitative estimate of drug-likeness (QED) is 0.0999. The van der Waals surface area contributed by atoms with Crippen molar-refractivity contribution in [1.29, 1.82) is 0 Å². The molecule has 0 N–H and O–H groups in total. The highest BCUT2D eigenvalue weighted by Crippen LogP contribution is 2.18. The van der Waals surface area contributed by atoms with Crippen molar-refractivity contribution in [3.63, 3.8) is 0 Å². The van der Waals surface area contributed by atoms with Gasteiger partial charge in [0.2, 0.25) is 0 Å². The van der Waals surface area contributed by atoms with E-state index in [0.717, 1.165) is 75.6 Å². The molecule has 238 valence electrons. The SMILES string of the molecule is O=[N+]([O-])/N=C1\N(CCCCCCCCCCN2CCN(Cc3ccc(Cl)nc3)/C2=N/[N+](=O)[O-])CCN1Cc1ccc(Cl)nc1. The van der Waals surface area contributed by atoms with Gasteiger partial charge in [-0.15, -0.1) is 0 Å². The maximum Gasteiger partial charge on any atom is 0.274 e.